The number of rotatable bonds is 6. The van der Waals surface area contributed by atoms with Crippen molar-refractivity contribution in [1.82, 2.24) is 14.2 Å². The van der Waals surface area contributed by atoms with Crippen LogP contribution in [0, 0.1) is 6.92 Å². The van der Waals surface area contributed by atoms with Crippen LogP contribution in [0.2, 0.25) is 0 Å². The van der Waals surface area contributed by atoms with Gasteiger partial charge in [-0.3, -0.25) is 9.59 Å². The maximum absolute atomic E-state index is 13.5. The number of para-hydroxylation sites is 2. The van der Waals surface area contributed by atoms with Crippen LogP contribution >= 0.6 is 0 Å². The smallest absolute Gasteiger partial charge is 0.325 e. The second-order valence-electron chi connectivity index (χ2n) is 8.09. The Kier molecular flexibility index (Phi) is 5.97. The van der Waals surface area contributed by atoms with Gasteiger partial charge in [-0.2, -0.15) is 9.78 Å². The van der Waals surface area contributed by atoms with Crippen LogP contribution in [0.25, 0.3) is 33.2 Å². The summed E-state index contributed by atoms with van der Waals surface area (Å²) in [5.74, 6) is 0.152. The van der Waals surface area contributed by atoms with Crippen LogP contribution in [-0.4, -0.2) is 33.0 Å². The lowest BCUT2D eigenvalue weighted by molar-refractivity contribution is -0.143. The summed E-state index contributed by atoms with van der Waals surface area (Å²) >= 11 is 0. The Bertz CT molecular complexity index is 1630. The lowest BCUT2D eigenvalue weighted by Gasteiger charge is -2.09. The molecule has 0 saturated heterocycles. The van der Waals surface area contributed by atoms with Gasteiger partial charge in [0.25, 0.3) is 5.56 Å². The number of carbonyl (C=O) groups is 1. The molecule has 0 unspecified atom stereocenters. The van der Waals surface area contributed by atoms with Crippen LogP contribution in [0.15, 0.2) is 88.8 Å². The predicted octanol–water partition coefficient (Wildman–Crippen LogP) is 4.77. The molecular weight excluding hydrogens is 440 g/mol. The van der Waals surface area contributed by atoms with Gasteiger partial charge in [-0.15, -0.1) is 0 Å². The number of hydrogen-bond acceptors (Lipinski definition) is 5. The minimum Gasteiger partial charge on any atom is -0.465 e. The minimum absolute atomic E-state index is 0.0980. The molecule has 0 amide bonds. The highest BCUT2D eigenvalue weighted by Gasteiger charge is 2.16. The van der Waals surface area contributed by atoms with E-state index in [0.29, 0.717) is 23.3 Å². The second-order valence-corrected chi connectivity index (χ2v) is 8.09. The van der Waals surface area contributed by atoms with Crippen molar-refractivity contribution in [3.05, 3.63) is 100 Å². The first kappa shape index (κ1) is 22.3. The minimum atomic E-state index is -0.304. The average Bonchev–Trinajstić information content (AvgIpc) is 3.14. The van der Waals surface area contributed by atoms with Crippen LogP contribution in [-0.2, 0) is 16.1 Å². The molecule has 0 radical (unpaired) electrons. The van der Waals surface area contributed by atoms with Crippen molar-refractivity contribution in [2.45, 2.75) is 20.4 Å². The summed E-state index contributed by atoms with van der Waals surface area (Å²) < 4.78 is 8.42. The molecule has 5 rings (SSSR count). The van der Waals surface area contributed by atoms with Gasteiger partial charge in [-0.1, -0.05) is 60.7 Å². The van der Waals surface area contributed by atoms with Crippen LogP contribution in [0.1, 0.15) is 18.2 Å². The molecule has 0 aliphatic rings. The molecule has 7 heteroatoms. The summed E-state index contributed by atoms with van der Waals surface area (Å²) in [5.41, 5.74) is 3.72. The molecule has 5 aromatic rings. The summed E-state index contributed by atoms with van der Waals surface area (Å²) in [5, 5.41) is 6.05. The number of fused-ring (bicyclic) bond motifs is 2. The largest absolute Gasteiger partial charge is 0.465 e. The van der Waals surface area contributed by atoms with E-state index >= 15 is 0 Å². The highest BCUT2D eigenvalue weighted by molar-refractivity contribution is 6.01. The molecular formula is C28H24N4O3. The van der Waals surface area contributed by atoms with Crippen molar-refractivity contribution in [3.8, 4) is 11.4 Å². The van der Waals surface area contributed by atoms with E-state index in [1.807, 2.05) is 84.3 Å². The lowest BCUT2D eigenvalue weighted by atomic mass is 10.1. The number of nitrogens with zero attached hydrogens (tertiary/aromatic N) is 4. The highest BCUT2D eigenvalue weighted by atomic mass is 16.5. The van der Waals surface area contributed by atoms with Crippen molar-refractivity contribution < 1.29 is 9.53 Å². The molecule has 7 nitrogen and oxygen atoms in total. The number of ether oxygens (including phenoxy) is 1. The molecule has 2 heterocycles. The van der Waals surface area contributed by atoms with Crippen molar-refractivity contribution in [2.24, 2.45) is 5.10 Å². The Labute approximate surface area is 201 Å². The first-order valence-electron chi connectivity index (χ1n) is 11.4. The zero-order valence-electron chi connectivity index (χ0n) is 19.5. The monoisotopic (exact) mass is 464 g/mol. The van der Waals surface area contributed by atoms with E-state index in [4.69, 9.17) is 9.72 Å². The van der Waals surface area contributed by atoms with Crippen LogP contribution < -0.4 is 5.56 Å². The van der Waals surface area contributed by atoms with Gasteiger partial charge in [0, 0.05) is 27.7 Å². The molecule has 35 heavy (non-hydrogen) atoms. The fraction of sp³-hybridized carbons (Fsp3) is 0.143. The van der Waals surface area contributed by atoms with E-state index in [9.17, 15) is 9.59 Å². The summed E-state index contributed by atoms with van der Waals surface area (Å²) in [4.78, 5) is 30.4. The van der Waals surface area contributed by atoms with Gasteiger partial charge in [0.1, 0.15) is 6.54 Å². The first-order chi connectivity index (χ1) is 17.1. The Morgan fingerprint density at radius 2 is 1.66 bits per heavy atom. The van der Waals surface area contributed by atoms with E-state index < -0.39 is 0 Å². The van der Waals surface area contributed by atoms with Crippen molar-refractivity contribution >= 4 is 34.0 Å². The Hall–Kier alpha value is -4.52. The lowest BCUT2D eigenvalue weighted by Crippen LogP contribution is -2.20. The number of benzene rings is 3. The molecule has 0 aliphatic carbocycles. The number of hydrogen-bond donors (Lipinski definition) is 0. The summed E-state index contributed by atoms with van der Waals surface area (Å²) in [6.07, 6.45) is 1.67. The van der Waals surface area contributed by atoms with Gasteiger partial charge < -0.3 is 9.30 Å². The van der Waals surface area contributed by atoms with Gasteiger partial charge in [-0.05, 0) is 32.0 Å². The van der Waals surface area contributed by atoms with Gasteiger partial charge in [0.05, 0.1) is 23.7 Å². The Morgan fingerprint density at radius 1 is 0.971 bits per heavy atom. The maximum atomic E-state index is 13.5. The van der Waals surface area contributed by atoms with E-state index in [1.165, 1.54) is 4.68 Å². The third-order valence-electron chi connectivity index (χ3n) is 5.96. The predicted molar refractivity (Wildman–Crippen MR) is 138 cm³/mol. The fourth-order valence-corrected chi connectivity index (χ4v) is 4.28. The summed E-state index contributed by atoms with van der Waals surface area (Å²) in [6.45, 7) is 4.14. The molecule has 174 valence electrons. The molecule has 0 fully saturated rings. The highest BCUT2D eigenvalue weighted by Crippen LogP contribution is 2.25. The molecule has 0 saturated carbocycles. The van der Waals surface area contributed by atoms with Crippen LogP contribution in [0.5, 0.6) is 0 Å². The third kappa shape index (κ3) is 4.12. The van der Waals surface area contributed by atoms with Crippen molar-refractivity contribution in [3.63, 3.8) is 0 Å². The van der Waals surface area contributed by atoms with Gasteiger partial charge in [-0.25, -0.2) is 4.98 Å². The number of esters is 1. The quantitative estimate of drug-likeness (QED) is 0.268. The number of aromatic nitrogens is 3. The molecule has 0 spiro atoms. The van der Waals surface area contributed by atoms with Gasteiger partial charge in [0.15, 0.2) is 5.82 Å². The SMILES string of the molecule is CCOC(=O)Cn1c(C)c(C=Nn2c(-c3ccccc3)nc3ccccc3c2=O)c2ccccc21. The van der Waals surface area contributed by atoms with Gasteiger partial charge >= 0.3 is 5.97 Å². The van der Waals surface area contributed by atoms with E-state index in [-0.39, 0.29) is 18.1 Å². The molecule has 0 atom stereocenters. The normalized spacial score (nSPS) is 11.5. The van der Waals surface area contributed by atoms with Crippen molar-refractivity contribution in [2.75, 3.05) is 6.61 Å². The fourth-order valence-electron chi connectivity index (χ4n) is 4.28. The Balaban J connectivity index is 1.69. The van der Waals surface area contributed by atoms with E-state index in [0.717, 1.165) is 27.7 Å². The Morgan fingerprint density at radius 3 is 2.43 bits per heavy atom. The third-order valence-corrected chi connectivity index (χ3v) is 5.96. The van der Waals surface area contributed by atoms with Gasteiger partial charge in [0.2, 0.25) is 0 Å². The molecule has 2 aromatic heterocycles. The van der Waals surface area contributed by atoms with Crippen molar-refractivity contribution in [1.29, 1.82) is 0 Å². The average molecular weight is 465 g/mol. The molecule has 3 aromatic carbocycles. The first-order valence-corrected chi connectivity index (χ1v) is 11.4. The number of carbonyl (C=O) groups excluding carboxylic acids is 1. The molecule has 0 bridgehead atoms. The van der Waals surface area contributed by atoms with Crippen LogP contribution in [0.3, 0.4) is 0 Å². The maximum Gasteiger partial charge on any atom is 0.325 e. The standard InChI is InChI=1S/C28H24N4O3/c1-3-35-26(33)18-31-19(2)23(21-13-8-10-16-25(21)31)17-29-32-27(20-11-5-4-6-12-20)30-24-15-9-7-14-22(24)28(32)34/h4-17H,3,18H2,1-2H3. The summed E-state index contributed by atoms with van der Waals surface area (Å²) in [7, 11) is 0. The molecule has 0 aliphatic heterocycles. The zero-order chi connectivity index (χ0) is 24.4. The second kappa shape index (κ2) is 9.38. The topological polar surface area (TPSA) is 78.5 Å². The molecule has 0 N–H and O–H groups in total. The zero-order valence-corrected chi connectivity index (χ0v) is 19.5. The van der Waals surface area contributed by atoms with E-state index in [1.54, 1.807) is 19.2 Å². The van der Waals surface area contributed by atoms with Crippen LogP contribution in [0.4, 0.5) is 0 Å². The summed E-state index contributed by atoms with van der Waals surface area (Å²) in [6, 6.07) is 24.6. The van der Waals surface area contributed by atoms with E-state index in [2.05, 4.69) is 5.10 Å².